The first-order chi connectivity index (χ1) is 14.7. The van der Waals surface area contributed by atoms with Gasteiger partial charge in [-0.25, -0.2) is 13.2 Å². The topological polar surface area (TPSA) is 60.2 Å². The summed E-state index contributed by atoms with van der Waals surface area (Å²) in [6.45, 7) is 1.79. The van der Waals surface area contributed by atoms with Crippen molar-refractivity contribution in [3.8, 4) is 11.4 Å². The van der Waals surface area contributed by atoms with E-state index in [0.29, 0.717) is 22.4 Å². The second-order valence-electron chi connectivity index (χ2n) is 7.04. The first kappa shape index (κ1) is 22.7. The Balaban J connectivity index is 1.62. The molecule has 0 aliphatic rings. The molecule has 5 nitrogen and oxygen atoms in total. The average molecular weight is 441 g/mol. The van der Waals surface area contributed by atoms with E-state index < -0.39 is 25.0 Å². The largest absolute Gasteiger partial charge is 0.374 e. The molecular weight excluding hydrogens is 421 g/mol. The number of aromatic nitrogens is 2. The summed E-state index contributed by atoms with van der Waals surface area (Å²) in [5, 5.41) is 6.98. The van der Waals surface area contributed by atoms with Crippen LogP contribution >= 0.6 is 0 Å². The van der Waals surface area contributed by atoms with Crippen molar-refractivity contribution in [2.75, 3.05) is 11.9 Å². The van der Waals surface area contributed by atoms with E-state index in [4.69, 9.17) is 9.26 Å². The van der Waals surface area contributed by atoms with Crippen molar-refractivity contribution in [3.05, 3.63) is 65.3 Å². The molecule has 2 aromatic carbocycles. The van der Waals surface area contributed by atoms with Crippen molar-refractivity contribution < 1.29 is 31.2 Å². The van der Waals surface area contributed by atoms with Crippen LogP contribution < -0.4 is 5.32 Å². The van der Waals surface area contributed by atoms with Gasteiger partial charge in [-0.15, -0.1) is 0 Å². The normalized spacial score (nSPS) is 12.9. The SMILES string of the molecule is Cc1ccc(-c2noc(C(C)Nc3cccc(COCC(F)(F)C(F)F)c3)n2)cc1F. The number of hydrogen-bond acceptors (Lipinski definition) is 5. The van der Waals surface area contributed by atoms with E-state index >= 15 is 0 Å². The van der Waals surface area contributed by atoms with Crippen LogP contribution in [0.4, 0.5) is 27.6 Å². The first-order valence-electron chi connectivity index (χ1n) is 9.35. The third-order valence-electron chi connectivity index (χ3n) is 4.43. The van der Waals surface area contributed by atoms with Crippen molar-refractivity contribution in [1.82, 2.24) is 10.1 Å². The molecule has 31 heavy (non-hydrogen) atoms. The van der Waals surface area contributed by atoms with Crippen LogP contribution in [0.2, 0.25) is 0 Å². The molecule has 0 aliphatic heterocycles. The third-order valence-corrected chi connectivity index (χ3v) is 4.43. The highest BCUT2D eigenvalue weighted by molar-refractivity contribution is 5.55. The summed E-state index contributed by atoms with van der Waals surface area (Å²) in [4.78, 5) is 4.28. The molecular formula is C21H20F5N3O2. The molecule has 1 heterocycles. The maximum absolute atomic E-state index is 13.8. The predicted octanol–water partition coefficient (Wildman–Crippen LogP) is 5.77. The minimum atomic E-state index is -4.19. The first-order valence-corrected chi connectivity index (χ1v) is 9.35. The minimum absolute atomic E-state index is 0.240. The zero-order valence-corrected chi connectivity index (χ0v) is 16.7. The molecule has 0 spiro atoms. The zero-order chi connectivity index (χ0) is 22.6. The molecule has 10 heteroatoms. The van der Waals surface area contributed by atoms with Crippen molar-refractivity contribution >= 4 is 5.69 Å². The minimum Gasteiger partial charge on any atom is -0.374 e. The number of benzene rings is 2. The number of hydrogen-bond donors (Lipinski definition) is 1. The van der Waals surface area contributed by atoms with Gasteiger partial charge in [0.05, 0.1) is 6.61 Å². The number of aryl methyl sites for hydroxylation is 1. The Morgan fingerprint density at radius 2 is 1.94 bits per heavy atom. The monoisotopic (exact) mass is 441 g/mol. The molecule has 0 fully saturated rings. The van der Waals surface area contributed by atoms with Crippen LogP contribution in [0.3, 0.4) is 0 Å². The smallest absolute Gasteiger partial charge is 0.330 e. The van der Waals surface area contributed by atoms with E-state index in [0.717, 1.165) is 0 Å². The van der Waals surface area contributed by atoms with E-state index in [1.54, 1.807) is 50.2 Å². The quantitative estimate of drug-likeness (QED) is 0.427. The highest BCUT2D eigenvalue weighted by Crippen LogP contribution is 2.25. The van der Waals surface area contributed by atoms with Gasteiger partial charge in [0.25, 0.3) is 0 Å². The lowest BCUT2D eigenvalue weighted by Crippen LogP contribution is -2.32. The third kappa shape index (κ3) is 5.78. The molecule has 0 aliphatic carbocycles. The number of anilines is 1. The molecule has 1 aromatic heterocycles. The number of halogens is 5. The van der Waals surface area contributed by atoms with Crippen molar-refractivity contribution in [2.24, 2.45) is 0 Å². The fourth-order valence-electron chi connectivity index (χ4n) is 2.69. The highest BCUT2D eigenvalue weighted by Gasteiger charge is 2.40. The van der Waals surface area contributed by atoms with Crippen molar-refractivity contribution in [2.45, 2.75) is 38.8 Å². The van der Waals surface area contributed by atoms with Crippen LogP contribution in [0.15, 0.2) is 47.0 Å². The van der Waals surface area contributed by atoms with E-state index in [2.05, 4.69) is 15.5 Å². The van der Waals surface area contributed by atoms with Gasteiger partial charge in [-0.2, -0.15) is 13.8 Å². The molecule has 3 aromatic rings. The fraction of sp³-hybridized carbons (Fsp3) is 0.333. The Morgan fingerprint density at radius 3 is 2.65 bits per heavy atom. The molecule has 0 radical (unpaired) electrons. The van der Waals surface area contributed by atoms with E-state index in [1.165, 1.54) is 6.07 Å². The van der Waals surface area contributed by atoms with Crippen LogP contribution in [-0.2, 0) is 11.3 Å². The molecule has 0 bridgehead atoms. The van der Waals surface area contributed by atoms with Crippen LogP contribution in [-0.4, -0.2) is 29.1 Å². The van der Waals surface area contributed by atoms with E-state index in [-0.39, 0.29) is 24.1 Å². The lowest BCUT2D eigenvalue weighted by atomic mass is 10.1. The number of alkyl halides is 4. The molecule has 3 rings (SSSR count). The van der Waals surface area contributed by atoms with Crippen LogP contribution in [0.25, 0.3) is 11.4 Å². The molecule has 0 saturated heterocycles. The molecule has 0 saturated carbocycles. The van der Waals surface area contributed by atoms with Crippen molar-refractivity contribution in [1.29, 1.82) is 0 Å². The Kier molecular flexibility index (Phi) is 6.89. The van der Waals surface area contributed by atoms with Gasteiger partial charge in [-0.05, 0) is 43.2 Å². The molecule has 1 N–H and O–H groups in total. The van der Waals surface area contributed by atoms with Crippen LogP contribution in [0.5, 0.6) is 0 Å². The Bertz CT molecular complexity index is 1030. The summed E-state index contributed by atoms with van der Waals surface area (Å²) in [7, 11) is 0. The highest BCUT2D eigenvalue weighted by atomic mass is 19.3. The van der Waals surface area contributed by atoms with Crippen molar-refractivity contribution in [3.63, 3.8) is 0 Å². The average Bonchev–Trinajstić information content (AvgIpc) is 3.20. The Hall–Kier alpha value is -3.01. The van der Waals surface area contributed by atoms with Gasteiger partial charge in [0, 0.05) is 11.3 Å². The van der Waals surface area contributed by atoms with Gasteiger partial charge in [0.2, 0.25) is 11.7 Å². The lowest BCUT2D eigenvalue weighted by Gasteiger charge is -2.16. The zero-order valence-electron chi connectivity index (χ0n) is 16.7. The van der Waals surface area contributed by atoms with Gasteiger partial charge in [-0.3, -0.25) is 0 Å². The van der Waals surface area contributed by atoms with Gasteiger partial charge in [-0.1, -0.05) is 29.4 Å². The maximum Gasteiger partial charge on any atom is 0.330 e. The lowest BCUT2D eigenvalue weighted by molar-refractivity contribution is -0.168. The summed E-state index contributed by atoms with van der Waals surface area (Å²) in [6, 6.07) is 10.8. The van der Waals surface area contributed by atoms with Crippen LogP contribution in [0, 0.1) is 12.7 Å². The second-order valence-corrected chi connectivity index (χ2v) is 7.04. The van der Waals surface area contributed by atoms with Gasteiger partial charge in [0.15, 0.2) is 0 Å². The van der Waals surface area contributed by atoms with E-state index in [9.17, 15) is 22.0 Å². The molecule has 166 valence electrons. The summed E-state index contributed by atoms with van der Waals surface area (Å²) >= 11 is 0. The second kappa shape index (κ2) is 9.42. The number of nitrogens with zero attached hydrogens (tertiary/aromatic N) is 2. The van der Waals surface area contributed by atoms with Gasteiger partial charge < -0.3 is 14.6 Å². The van der Waals surface area contributed by atoms with Gasteiger partial charge in [0.1, 0.15) is 18.5 Å². The standard InChI is InChI=1S/C21H20F5N3O2/c1-12-6-7-15(9-17(12)22)18-28-19(31-29-18)13(2)27-16-5-3-4-14(8-16)10-30-11-21(25,26)20(23)24/h3-9,13,20,27H,10-11H2,1-2H3. The number of rotatable bonds is 9. The summed E-state index contributed by atoms with van der Waals surface area (Å²) in [6.07, 6.45) is -3.78. The predicted molar refractivity (Wildman–Crippen MR) is 104 cm³/mol. The summed E-state index contributed by atoms with van der Waals surface area (Å²) in [5.41, 5.74) is 2.10. The molecule has 0 amide bonds. The molecule has 1 atom stereocenters. The molecule has 1 unspecified atom stereocenters. The van der Waals surface area contributed by atoms with Gasteiger partial charge >= 0.3 is 12.3 Å². The summed E-state index contributed by atoms with van der Waals surface area (Å²) < 4.78 is 73.9. The van der Waals surface area contributed by atoms with Crippen LogP contribution in [0.1, 0.15) is 30.0 Å². The number of ether oxygens (including phenoxy) is 1. The number of nitrogens with one attached hydrogen (secondary N) is 1. The fourth-order valence-corrected chi connectivity index (χ4v) is 2.69. The Morgan fingerprint density at radius 1 is 1.16 bits per heavy atom. The maximum atomic E-state index is 13.8. The summed E-state index contributed by atoms with van der Waals surface area (Å²) in [5.74, 6) is -4.07. The Labute approximate surface area is 175 Å². The van der Waals surface area contributed by atoms with E-state index in [1.807, 2.05) is 0 Å².